The first-order valence-electron chi connectivity index (χ1n) is 6.85. The second-order valence-corrected chi connectivity index (χ2v) is 8.67. The molecule has 0 radical (unpaired) electrons. The van der Waals surface area contributed by atoms with Gasteiger partial charge in [-0.05, 0) is 39.5 Å². The number of fused-ring (bicyclic) bond motifs is 1. The molecule has 2 amide bonds. The Bertz CT molecular complexity index is 908. The molecule has 0 aliphatic carbocycles. The zero-order valence-corrected chi connectivity index (χ0v) is 15.5. The van der Waals surface area contributed by atoms with Gasteiger partial charge in [0, 0.05) is 14.1 Å². The quantitative estimate of drug-likeness (QED) is 0.763. The molecule has 23 heavy (non-hydrogen) atoms. The van der Waals surface area contributed by atoms with Crippen LogP contribution in [0, 0.1) is 0 Å². The Labute approximate surface area is 149 Å². The number of amides is 2. The van der Waals surface area contributed by atoms with Crippen molar-refractivity contribution in [2.45, 2.75) is 0 Å². The summed E-state index contributed by atoms with van der Waals surface area (Å²) in [4.78, 5) is 30.7. The van der Waals surface area contributed by atoms with Crippen LogP contribution in [0.5, 0.6) is 0 Å². The molecule has 2 aliphatic heterocycles. The first kappa shape index (κ1) is 14.9. The molecule has 0 saturated heterocycles. The Morgan fingerprint density at radius 1 is 0.913 bits per heavy atom. The fraction of sp³-hybridized carbons (Fsp3) is 0.125. The molecule has 0 aromatic carbocycles. The summed E-state index contributed by atoms with van der Waals surface area (Å²) in [5.41, 5.74) is 2.44. The highest BCUT2D eigenvalue weighted by atomic mass is 79.9. The smallest absolute Gasteiger partial charge is 0.261 e. The third-order valence-corrected chi connectivity index (χ3v) is 6.50. The lowest BCUT2D eigenvalue weighted by Gasteiger charge is -2.18. The molecular formula is C16H11BrN2O2S2. The molecule has 0 N–H and O–H groups in total. The van der Waals surface area contributed by atoms with E-state index in [0.29, 0.717) is 22.5 Å². The van der Waals surface area contributed by atoms with Crippen LogP contribution in [0.15, 0.2) is 44.6 Å². The lowest BCUT2D eigenvalue weighted by molar-refractivity contribution is -0.123. The van der Waals surface area contributed by atoms with Crippen molar-refractivity contribution in [1.82, 2.24) is 9.80 Å². The molecule has 4 rings (SSSR count). The van der Waals surface area contributed by atoms with Crippen LogP contribution >= 0.6 is 38.6 Å². The number of hydrogen-bond acceptors (Lipinski definition) is 4. The first-order chi connectivity index (χ1) is 11.0. The van der Waals surface area contributed by atoms with Crippen LogP contribution in [0.4, 0.5) is 0 Å². The number of carbonyl (C=O) groups is 2. The predicted octanol–water partition coefficient (Wildman–Crippen LogP) is 3.64. The van der Waals surface area contributed by atoms with Crippen molar-refractivity contribution in [3.63, 3.8) is 0 Å². The summed E-state index contributed by atoms with van der Waals surface area (Å²) >= 11 is 6.49. The van der Waals surface area contributed by atoms with Crippen LogP contribution in [0.25, 0.3) is 11.4 Å². The van der Waals surface area contributed by atoms with Gasteiger partial charge in [0.2, 0.25) is 0 Å². The maximum atomic E-state index is 12.8. The fourth-order valence-corrected chi connectivity index (χ4v) is 5.24. The minimum absolute atomic E-state index is 0.124. The van der Waals surface area contributed by atoms with Gasteiger partial charge >= 0.3 is 0 Å². The van der Waals surface area contributed by atoms with Crippen LogP contribution in [-0.4, -0.2) is 35.7 Å². The van der Waals surface area contributed by atoms with Gasteiger partial charge in [-0.3, -0.25) is 9.59 Å². The summed E-state index contributed by atoms with van der Waals surface area (Å²) in [6, 6.07) is 7.72. The van der Waals surface area contributed by atoms with Crippen molar-refractivity contribution in [3.8, 4) is 0 Å². The number of likely N-dealkylation sites (N-methyl/N-ethyl adjacent to an activating group) is 2. The van der Waals surface area contributed by atoms with Crippen LogP contribution in [0.1, 0.15) is 9.75 Å². The van der Waals surface area contributed by atoms with Crippen molar-refractivity contribution in [3.05, 3.63) is 54.3 Å². The predicted molar refractivity (Wildman–Crippen MR) is 95.7 cm³/mol. The van der Waals surface area contributed by atoms with Gasteiger partial charge in [0.05, 0.1) is 36.1 Å². The molecule has 0 bridgehead atoms. The molecule has 2 aliphatic rings. The van der Waals surface area contributed by atoms with E-state index in [9.17, 15) is 9.59 Å². The zero-order valence-electron chi connectivity index (χ0n) is 12.3. The SMILES string of the molecule is CN1C(=O)C2=C(c3ccc(Br)s3)N(C)C(=O)C2=C1c1cccs1. The molecule has 2 aromatic heterocycles. The van der Waals surface area contributed by atoms with E-state index < -0.39 is 0 Å². The highest BCUT2D eigenvalue weighted by molar-refractivity contribution is 9.11. The van der Waals surface area contributed by atoms with E-state index in [1.807, 2.05) is 29.6 Å². The topological polar surface area (TPSA) is 40.6 Å². The molecule has 0 unspecified atom stereocenters. The lowest BCUT2D eigenvalue weighted by atomic mass is 10.1. The molecule has 0 saturated carbocycles. The van der Waals surface area contributed by atoms with E-state index in [0.717, 1.165) is 13.5 Å². The van der Waals surface area contributed by atoms with Crippen molar-refractivity contribution in [2.75, 3.05) is 14.1 Å². The summed E-state index contributed by atoms with van der Waals surface area (Å²) in [7, 11) is 3.45. The Hall–Kier alpha value is -1.70. The maximum Gasteiger partial charge on any atom is 0.261 e. The Kier molecular flexibility index (Phi) is 3.33. The van der Waals surface area contributed by atoms with Gasteiger partial charge in [-0.15, -0.1) is 22.7 Å². The summed E-state index contributed by atoms with van der Waals surface area (Å²) in [5, 5.41) is 1.95. The van der Waals surface area contributed by atoms with E-state index in [1.165, 1.54) is 22.7 Å². The summed E-state index contributed by atoms with van der Waals surface area (Å²) in [6.07, 6.45) is 0. The molecule has 116 valence electrons. The maximum absolute atomic E-state index is 12.8. The molecule has 0 fully saturated rings. The van der Waals surface area contributed by atoms with Crippen LogP contribution in [0.3, 0.4) is 0 Å². The van der Waals surface area contributed by atoms with Gasteiger partial charge in [0.15, 0.2) is 0 Å². The highest BCUT2D eigenvalue weighted by Crippen LogP contribution is 2.47. The number of carbonyl (C=O) groups excluding carboxylic acids is 2. The normalized spacial score (nSPS) is 17.9. The second-order valence-electron chi connectivity index (χ2n) is 5.26. The van der Waals surface area contributed by atoms with Gasteiger partial charge < -0.3 is 9.80 Å². The van der Waals surface area contributed by atoms with Gasteiger partial charge in [-0.1, -0.05) is 6.07 Å². The van der Waals surface area contributed by atoms with E-state index in [2.05, 4.69) is 15.9 Å². The molecule has 0 atom stereocenters. The number of hydrogen-bond donors (Lipinski definition) is 0. The summed E-state index contributed by atoms with van der Waals surface area (Å²) in [5.74, 6) is -0.249. The fourth-order valence-electron chi connectivity index (χ4n) is 2.96. The molecule has 4 nitrogen and oxygen atoms in total. The Balaban J connectivity index is 2.01. The standard InChI is InChI=1S/C16H11BrN2O2S2/c1-18-13(8-4-3-7-22-8)11-12(16(18)21)14(19(2)15(11)20)9-5-6-10(17)23-9/h3-7H,1-2H3. The van der Waals surface area contributed by atoms with Gasteiger partial charge in [-0.25, -0.2) is 0 Å². The average Bonchev–Trinajstić information content (AvgIpc) is 3.26. The minimum atomic E-state index is -0.124. The average molecular weight is 407 g/mol. The number of nitrogens with zero attached hydrogens (tertiary/aromatic N) is 2. The van der Waals surface area contributed by atoms with Crippen LogP contribution < -0.4 is 0 Å². The van der Waals surface area contributed by atoms with Crippen LogP contribution in [-0.2, 0) is 9.59 Å². The first-order valence-corrected chi connectivity index (χ1v) is 9.34. The minimum Gasteiger partial charge on any atom is -0.309 e. The number of halogens is 1. The third kappa shape index (κ3) is 2.00. The molecule has 2 aromatic rings. The molecule has 7 heteroatoms. The summed E-state index contributed by atoms with van der Waals surface area (Å²) < 4.78 is 0.969. The van der Waals surface area contributed by atoms with Crippen molar-refractivity contribution in [2.24, 2.45) is 0 Å². The Morgan fingerprint density at radius 3 is 2.00 bits per heavy atom. The van der Waals surface area contributed by atoms with Gasteiger partial charge in [0.25, 0.3) is 11.8 Å². The van der Waals surface area contributed by atoms with Crippen molar-refractivity contribution >= 4 is 61.8 Å². The van der Waals surface area contributed by atoms with E-state index in [1.54, 1.807) is 23.9 Å². The third-order valence-electron chi connectivity index (χ3n) is 3.99. The van der Waals surface area contributed by atoms with E-state index in [4.69, 9.17) is 0 Å². The highest BCUT2D eigenvalue weighted by Gasteiger charge is 2.47. The van der Waals surface area contributed by atoms with E-state index in [-0.39, 0.29) is 11.8 Å². The number of thiophene rings is 2. The second kappa shape index (κ2) is 5.15. The monoisotopic (exact) mass is 406 g/mol. The molecular weight excluding hydrogens is 396 g/mol. The number of rotatable bonds is 2. The van der Waals surface area contributed by atoms with E-state index >= 15 is 0 Å². The Morgan fingerprint density at radius 2 is 1.52 bits per heavy atom. The van der Waals surface area contributed by atoms with Crippen molar-refractivity contribution < 1.29 is 9.59 Å². The zero-order chi connectivity index (χ0) is 16.3. The summed E-state index contributed by atoms with van der Waals surface area (Å²) in [6.45, 7) is 0. The van der Waals surface area contributed by atoms with Gasteiger partial charge in [-0.2, -0.15) is 0 Å². The van der Waals surface area contributed by atoms with Gasteiger partial charge in [0.1, 0.15) is 0 Å². The largest absolute Gasteiger partial charge is 0.309 e. The van der Waals surface area contributed by atoms with Crippen LogP contribution in [0.2, 0.25) is 0 Å². The van der Waals surface area contributed by atoms with Crippen molar-refractivity contribution in [1.29, 1.82) is 0 Å². The molecule has 4 heterocycles. The molecule has 0 spiro atoms. The lowest BCUT2D eigenvalue weighted by Crippen LogP contribution is -2.24.